The zero-order valence-corrected chi connectivity index (χ0v) is 7.42. The molecule has 68 valence electrons. The molecule has 0 saturated heterocycles. The molecule has 0 fully saturated rings. The largest absolute Gasteiger partial charge is 0.426 e. The van der Waals surface area contributed by atoms with Gasteiger partial charge in [-0.2, -0.15) is 8.42 Å². The van der Waals surface area contributed by atoms with E-state index in [4.69, 9.17) is 0 Å². The van der Waals surface area contributed by atoms with E-state index in [2.05, 4.69) is 13.4 Å². The van der Waals surface area contributed by atoms with Crippen LogP contribution in [0.15, 0.2) is 0 Å². The molecule has 0 unspecified atom stereocenters. The second kappa shape index (κ2) is 4.62. The van der Waals surface area contributed by atoms with Crippen LogP contribution in [-0.2, 0) is 23.8 Å². The van der Waals surface area contributed by atoms with E-state index >= 15 is 0 Å². The van der Waals surface area contributed by atoms with Gasteiger partial charge in [-0.05, 0) is 14.1 Å². The Bertz CT molecular complexity index is 187. The van der Waals surface area contributed by atoms with E-state index in [1.54, 1.807) is 19.0 Å². The van der Waals surface area contributed by atoms with Crippen molar-refractivity contribution in [3.63, 3.8) is 0 Å². The second-order valence-corrected chi connectivity index (χ2v) is 3.26. The first-order chi connectivity index (χ1) is 4.98. The standard InChI is InChI=1S/C4H11NO5S/c1-5(2)4-9-10-11(6,7)8-3/h4H2,1-3H3. The Morgan fingerprint density at radius 2 is 1.91 bits per heavy atom. The molecule has 0 spiro atoms. The van der Waals surface area contributed by atoms with Gasteiger partial charge in [0.2, 0.25) is 0 Å². The third-order valence-electron chi connectivity index (χ3n) is 0.646. The van der Waals surface area contributed by atoms with E-state index in [1.807, 2.05) is 0 Å². The lowest BCUT2D eigenvalue weighted by Gasteiger charge is -2.07. The van der Waals surface area contributed by atoms with Crippen LogP contribution in [-0.4, -0.2) is 41.3 Å². The van der Waals surface area contributed by atoms with Crippen molar-refractivity contribution >= 4 is 10.4 Å². The van der Waals surface area contributed by atoms with Crippen LogP contribution in [0.25, 0.3) is 0 Å². The average Bonchev–Trinajstić information content (AvgIpc) is 1.87. The molecule has 0 aliphatic heterocycles. The molecule has 6 nitrogen and oxygen atoms in total. The van der Waals surface area contributed by atoms with Gasteiger partial charge in [0.15, 0.2) is 0 Å². The third-order valence-corrected chi connectivity index (χ3v) is 1.32. The highest BCUT2D eigenvalue weighted by Gasteiger charge is 2.09. The fraction of sp³-hybridized carbons (Fsp3) is 1.00. The van der Waals surface area contributed by atoms with Gasteiger partial charge >= 0.3 is 10.4 Å². The highest BCUT2D eigenvalue weighted by Crippen LogP contribution is 1.93. The fourth-order valence-corrected chi connectivity index (χ4v) is 0.430. The molecule has 7 heteroatoms. The Kier molecular flexibility index (Phi) is 4.54. The zero-order valence-electron chi connectivity index (χ0n) is 6.60. The minimum Gasteiger partial charge on any atom is -0.284 e. The molecule has 0 aliphatic carbocycles. The molecule has 0 heterocycles. The van der Waals surface area contributed by atoms with Gasteiger partial charge in [0, 0.05) is 0 Å². The average molecular weight is 185 g/mol. The number of hydrogen-bond acceptors (Lipinski definition) is 6. The number of nitrogens with zero attached hydrogens (tertiary/aromatic N) is 1. The molecular weight excluding hydrogens is 174 g/mol. The monoisotopic (exact) mass is 185 g/mol. The molecule has 0 aliphatic rings. The Hall–Kier alpha value is -0.210. The van der Waals surface area contributed by atoms with E-state index < -0.39 is 10.4 Å². The van der Waals surface area contributed by atoms with E-state index in [1.165, 1.54) is 0 Å². The Labute approximate surface area is 65.9 Å². The lowest BCUT2D eigenvalue weighted by Crippen LogP contribution is -2.18. The van der Waals surface area contributed by atoms with Gasteiger partial charge in [-0.3, -0.25) is 4.90 Å². The number of rotatable bonds is 5. The molecular formula is C4H11NO5S. The summed E-state index contributed by atoms with van der Waals surface area (Å²) in [4.78, 5) is 5.85. The highest BCUT2D eigenvalue weighted by molar-refractivity contribution is 7.81. The first-order valence-corrected chi connectivity index (χ1v) is 4.07. The molecule has 0 bridgehead atoms. The van der Waals surface area contributed by atoms with E-state index in [9.17, 15) is 8.42 Å². The normalized spacial score (nSPS) is 12.4. The molecule has 0 rings (SSSR count). The van der Waals surface area contributed by atoms with Crippen LogP contribution in [0.5, 0.6) is 0 Å². The second-order valence-electron chi connectivity index (χ2n) is 1.97. The zero-order chi connectivity index (χ0) is 8.91. The molecule has 0 saturated carbocycles. The van der Waals surface area contributed by atoms with Crippen LogP contribution in [0.4, 0.5) is 0 Å². The maximum atomic E-state index is 10.4. The Balaban J connectivity index is 3.55. The highest BCUT2D eigenvalue weighted by atomic mass is 32.3. The predicted molar refractivity (Wildman–Crippen MR) is 36.7 cm³/mol. The minimum atomic E-state index is -3.96. The fourth-order valence-electron chi connectivity index (χ4n) is 0.214. The maximum Gasteiger partial charge on any atom is 0.426 e. The van der Waals surface area contributed by atoms with Crippen molar-refractivity contribution in [1.29, 1.82) is 0 Å². The molecule has 11 heavy (non-hydrogen) atoms. The molecule has 0 N–H and O–H groups in total. The molecule has 0 aromatic carbocycles. The summed E-state index contributed by atoms with van der Waals surface area (Å²) in [5, 5.41) is 0. The lowest BCUT2D eigenvalue weighted by atomic mass is 11.0. The molecule has 0 amide bonds. The summed E-state index contributed by atoms with van der Waals surface area (Å²) in [6.07, 6.45) is 0. The molecule has 0 aromatic rings. The quantitative estimate of drug-likeness (QED) is 0.322. The summed E-state index contributed by atoms with van der Waals surface area (Å²) < 4.78 is 28.6. The van der Waals surface area contributed by atoms with E-state index in [0.29, 0.717) is 0 Å². The van der Waals surface area contributed by atoms with Gasteiger partial charge in [-0.15, -0.1) is 0 Å². The number of hydrogen-bond donors (Lipinski definition) is 0. The first kappa shape index (κ1) is 10.8. The van der Waals surface area contributed by atoms with E-state index in [0.717, 1.165) is 7.11 Å². The summed E-state index contributed by atoms with van der Waals surface area (Å²) in [6.45, 7) is 0.0442. The van der Waals surface area contributed by atoms with Crippen LogP contribution in [0.2, 0.25) is 0 Å². The van der Waals surface area contributed by atoms with Crippen LogP contribution in [0, 0.1) is 0 Å². The van der Waals surface area contributed by atoms with Crippen molar-refractivity contribution in [2.24, 2.45) is 0 Å². The minimum absolute atomic E-state index is 0.0442. The van der Waals surface area contributed by atoms with Crippen LogP contribution in [0.3, 0.4) is 0 Å². The van der Waals surface area contributed by atoms with Gasteiger partial charge in [-0.1, -0.05) is 4.33 Å². The van der Waals surface area contributed by atoms with Gasteiger partial charge in [0.25, 0.3) is 0 Å². The first-order valence-electron chi connectivity index (χ1n) is 2.74. The van der Waals surface area contributed by atoms with Crippen molar-refractivity contribution < 1.29 is 21.8 Å². The van der Waals surface area contributed by atoms with Gasteiger partial charge in [0.05, 0.1) is 7.11 Å². The van der Waals surface area contributed by atoms with Gasteiger partial charge in [-0.25, -0.2) is 9.07 Å². The predicted octanol–water partition coefficient (Wildman–Crippen LogP) is -0.655. The summed E-state index contributed by atoms with van der Waals surface area (Å²) in [5.74, 6) is 0. The van der Waals surface area contributed by atoms with Gasteiger partial charge < -0.3 is 0 Å². The third kappa shape index (κ3) is 6.20. The molecule has 0 atom stereocenters. The van der Waals surface area contributed by atoms with Gasteiger partial charge in [0.1, 0.15) is 6.73 Å². The van der Waals surface area contributed by atoms with Crippen LogP contribution in [0.1, 0.15) is 0 Å². The summed E-state index contributed by atoms with van der Waals surface area (Å²) in [5.41, 5.74) is 0. The summed E-state index contributed by atoms with van der Waals surface area (Å²) in [7, 11) is 0.411. The van der Waals surface area contributed by atoms with Crippen molar-refractivity contribution in [1.82, 2.24) is 4.90 Å². The maximum absolute atomic E-state index is 10.4. The van der Waals surface area contributed by atoms with Crippen molar-refractivity contribution in [2.45, 2.75) is 0 Å². The summed E-state index contributed by atoms with van der Waals surface area (Å²) >= 11 is 0. The van der Waals surface area contributed by atoms with Crippen molar-refractivity contribution in [3.05, 3.63) is 0 Å². The van der Waals surface area contributed by atoms with Crippen molar-refractivity contribution in [3.8, 4) is 0 Å². The smallest absolute Gasteiger partial charge is 0.284 e. The summed E-state index contributed by atoms with van der Waals surface area (Å²) in [6, 6.07) is 0. The Morgan fingerprint density at radius 3 is 2.27 bits per heavy atom. The van der Waals surface area contributed by atoms with Crippen LogP contribution >= 0.6 is 0 Å². The SMILES string of the molecule is COS(=O)(=O)OOCN(C)C. The van der Waals surface area contributed by atoms with Crippen molar-refractivity contribution in [2.75, 3.05) is 27.9 Å². The topological polar surface area (TPSA) is 65.1 Å². The Morgan fingerprint density at radius 1 is 1.36 bits per heavy atom. The van der Waals surface area contributed by atoms with E-state index in [-0.39, 0.29) is 6.73 Å². The van der Waals surface area contributed by atoms with Crippen LogP contribution < -0.4 is 0 Å². The molecule has 0 aromatic heterocycles. The molecule has 0 radical (unpaired) electrons. The lowest BCUT2D eigenvalue weighted by molar-refractivity contribution is -0.232.